The first-order valence-corrected chi connectivity index (χ1v) is 12.7. The topological polar surface area (TPSA) is 61.4 Å². The van der Waals surface area contributed by atoms with Crippen molar-refractivity contribution >= 4 is 39.1 Å². The molecule has 0 saturated carbocycles. The van der Waals surface area contributed by atoms with Crippen LogP contribution in [0.3, 0.4) is 0 Å². The summed E-state index contributed by atoms with van der Waals surface area (Å²) < 4.78 is 9.96. The van der Waals surface area contributed by atoms with Crippen molar-refractivity contribution in [2.45, 2.75) is 51.1 Å². The second-order valence-electron chi connectivity index (χ2n) is 8.39. The van der Waals surface area contributed by atoms with Gasteiger partial charge in [0.15, 0.2) is 5.16 Å². The normalized spacial score (nSPS) is 16.2. The minimum atomic E-state index is 0.0259. The molecule has 0 amide bonds. The molecule has 3 aromatic heterocycles. The lowest BCUT2D eigenvalue weighted by Gasteiger charge is -2.26. The van der Waals surface area contributed by atoms with Gasteiger partial charge < -0.3 is 4.74 Å². The number of benzene rings is 1. The van der Waals surface area contributed by atoms with Gasteiger partial charge in [0.1, 0.15) is 4.83 Å². The van der Waals surface area contributed by atoms with E-state index in [4.69, 9.17) is 4.74 Å². The summed E-state index contributed by atoms with van der Waals surface area (Å²) in [4.78, 5) is 15.9. The lowest BCUT2D eigenvalue weighted by Crippen LogP contribution is -2.29. The summed E-state index contributed by atoms with van der Waals surface area (Å²) in [6.45, 7) is 9.28. The first-order chi connectivity index (χ1) is 15.6. The maximum atomic E-state index is 13.8. The summed E-state index contributed by atoms with van der Waals surface area (Å²) in [7, 11) is 0. The molecule has 0 N–H and O–H groups in total. The van der Waals surface area contributed by atoms with Crippen molar-refractivity contribution in [1.29, 1.82) is 0 Å². The smallest absolute Gasteiger partial charge is 0.263 e. The highest BCUT2D eigenvalue weighted by atomic mass is 32.2. The highest BCUT2D eigenvalue weighted by Crippen LogP contribution is 2.37. The molecule has 1 aliphatic heterocycles. The van der Waals surface area contributed by atoms with E-state index in [-0.39, 0.29) is 11.7 Å². The maximum Gasteiger partial charge on any atom is 0.263 e. The Kier molecular flexibility index (Phi) is 5.92. The minimum Gasteiger partial charge on any atom is -0.372 e. The van der Waals surface area contributed by atoms with E-state index in [9.17, 15) is 4.79 Å². The van der Waals surface area contributed by atoms with Crippen molar-refractivity contribution in [2.24, 2.45) is 5.92 Å². The number of ether oxygens (including phenoxy) is 1. The number of thioether (sulfide) groups is 1. The molecule has 1 aromatic carbocycles. The number of fused-ring (bicyclic) bond motifs is 5. The molecule has 1 aliphatic rings. The third-order valence-electron chi connectivity index (χ3n) is 5.97. The molecule has 5 rings (SSSR count). The Morgan fingerprint density at radius 2 is 2.12 bits per heavy atom. The lowest BCUT2D eigenvalue weighted by molar-refractivity contribution is 0.00200. The van der Waals surface area contributed by atoms with Gasteiger partial charge in [0.2, 0.25) is 5.78 Å². The van der Waals surface area contributed by atoms with E-state index in [0.29, 0.717) is 24.8 Å². The molecule has 0 unspecified atom stereocenters. The predicted molar refractivity (Wildman–Crippen MR) is 131 cm³/mol. The molecule has 0 fully saturated rings. The fourth-order valence-electron chi connectivity index (χ4n) is 4.23. The van der Waals surface area contributed by atoms with Crippen LogP contribution in [0.25, 0.3) is 16.0 Å². The maximum absolute atomic E-state index is 13.8. The second kappa shape index (κ2) is 8.84. The van der Waals surface area contributed by atoms with E-state index < -0.39 is 0 Å². The molecule has 166 valence electrons. The second-order valence-corrected chi connectivity index (χ2v) is 10.5. The number of rotatable bonds is 7. The van der Waals surface area contributed by atoms with Crippen LogP contribution in [-0.2, 0) is 30.7 Å². The zero-order chi connectivity index (χ0) is 22.2. The lowest BCUT2D eigenvalue weighted by atomic mass is 9.96. The average molecular weight is 467 g/mol. The summed E-state index contributed by atoms with van der Waals surface area (Å²) in [6, 6.07) is 10.2. The monoisotopic (exact) mass is 466 g/mol. The van der Waals surface area contributed by atoms with Crippen LogP contribution in [0.15, 0.2) is 52.9 Å². The average Bonchev–Trinajstić information content (AvgIpc) is 3.39. The fraction of sp³-hybridized carbons (Fsp3) is 0.375. The third-order valence-corrected chi connectivity index (χ3v) is 8.08. The van der Waals surface area contributed by atoms with Crippen LogP contribution >= 0.6 is 23.1 Å². The highest BCUT2D eigenvalue weighted by molar-refractivity contribution is 7.99. The van der Waals surface area contributed by atoms with Gasteiger partial charge in [-0.1, -0.05) is 62.0 Å². The number of aromatic nitrogens is 4. The van der Waals surface area contributed by atoms with E-state index in [1.54, 1.807) is 27.7 Å². The van der Waals surface area contributed by atoms with Gasteiger partial charge in [-0.25, -0.2) is 4.40 Å². The van der Waals surface area contributed by atoms with E-state index in [1.165, 1.54) is 5.56 Å². The van der Waals surface area contributed by atoms with Crippen LogP contribution < -0.4 is 5.56 Å². The number of hydrogen-bond acceptors (Lipinski definition) is 6. The Hall–Kier alpha value is -2.42. The first-order valence-electron chi connectivity index (χ1n) is 10.9. The largest absolute Gasteiger partial charge is 0.372 e. The number of nitrogens with zero attached hydrogens (tertiary/aromatic N) is 4. The summed E-state index contributed by atoms with van der Waals surface area (Å²) in [5.74, 6) is 1.73. The van der Waals surface area contributed by atoms with E-state index in [2.05, 4.69) is 47.2 Å². The molecular formula is C24H26N4O2S2. The van der Waals surface area contributed by atoms with Crippen molar-refractivity contribution in [3.8, 4) is 0 Å². The molecule has 1 atom stereocenters. The van der Waals surface area contributed by atoms with Crippen molar-refractivity contribution in [3.05, 3.63) is 69.3 Å². The van der Waals surface area contributed by atoms with Gasteiger partial charge in [0, 0.05) is 23.6 Å². The molecular weight excluding hydrogens is 440 g/mol. The standard InChI is InChI=1S/C24H26N4O2S2/c1-4-12-31-24-26-25-23-27(11-10-16-8-6-5-7-9-16)21(29)20-17-13-18(15(2)3)30-14-19(17)32-22(20)28(23)24/h4-9,15,18H,1,10-14H2,2-3H3/t18-/m1/s1. The van der Waals surface area contributed by atoms with E-state index >= 15 is 0 Å². The van der Waals surface area contributed by atoms with Crippen LogP contribution in [-0.4, -0.2) is 31.0 Å². The Labute approximate surface area is 194 Å². The van der Waals surface area contributed by atoms with Crippen LogP contribution in [0.4, 0.5) is 0 Å². The van der Waals surface area contributed by atoms with Crippen LogP contribution in [0.5, 0.6) is 0 Å². The molecule has 0 radical (unpaired) electrons. The zero-order valence-electron chi connectivity index (χ0n) is 18.3. The minimum absolute atomic E-state index is 0.0259. The van der Waals surface area contributed by atoms with Crippen LogP contribution in [0, 0.1) is 5.92 Å². The van der Waals surface area contributed by atoms with Gasteiger partial charge in [-0.05, 0) is 23.5 Å². The van der Waals surface area contributed by atoms with E-state index in [0.717, 1.165) is 44.4 Å². The Bertz CT molecular complexity index is 1340. The highest BCUT2D eigenvalue weighted by Gasteiger charge is 2.29. The van der Waals surface area contributed by atoms with Gasteiger partial charge in [-0.3, -0.25) is 9.36 Å². The Morgan fingerprint density at radius 1 is 1.31 bits per heavy atom. The molecule has 32 heavy (non-hydrogen) atoms. The quantitative estimate of drug-likeness (QED) is 0.291. The molecule has 0 bridgehead atoms. The van der Waals surface area contributed by atoms with Crippen molar-refractivity contribution in [1.82, 2.24) is 19.2 Å². The number of thiophene rings is 1. The molecule has 4 aromatic rings. The van der Waals surface area contributed by atoms with Crippen molar-refractivity contribution in [2.75, 3.05) is 5.75 Å². The summed E-state index contributed by atoms with van der Waals surface area (Å²) in [6.07, 6.45) is 3.51. The Balaban J connectivity index is 1.70. The zero-order valence-corrected chi connectivity index (χ0v) is 19.9. The molecule has 8 heteroatoms. The molecule has 0 saturated heterocycles. The van der Waals surface area contributed by atoms with Gasteiger partial charge >= 0.3 is 0 Å². The fourth-order valence-corrected chi connectivity index (χ4v) is 6.20. The van der Waals surface area contributed by atoms with Gasteiger partial charge in [-0.2, -0.15) is 0 Å². The van der Waals surface area contributed by atoms with Gasteiger partial charge in [-0.15, -0.1) is 28.1 Å². The van der Waals surface area contributed by atoms with Gasteiger partial charge in [0.05, 0.1) is 18.1 Å². The SMILES string of the molecule is C=CCSc1nnc2n(CCc3ccccc3)c(=O)c3c4c(sc3n12)CO[C@@H](C(C)C)C4. The van der Waals surface area contributed by atoms with Crippen molar-refractivity contribution in [3.63, 3.8) is 0 Å². The van der Waals surface area contributed by atoms with Crippen LogP contribution in [0.1, 0.15) is 29.9 Å². The van der Waals surface area contributed by atoms with Gasteiger partial charge in [0.25, 0.3) is 5.56 Å². The molecule has 4 heterocycles. The molecule has 0 aliphatic carbocycles. The summed E-state index contributed by atoms with van der Waals surface area (Å²) >= 11 is 3.22. The predicted octanol–water partition coefficient (Wildman–Crippen LogP) is 4.72. The molecule has 0 spiro atoms. The van der Waals surface area contributed by atoms with Crippen LogP contribution in [0.2, 0.25) is 0 Å². The van der Waals surface area contributed by atoms with Crippen molar-refractivity contribution < 1.29 is 4.74 Å². The number of hydrogen-bond donors (Lipinski definition) is 0. The Morgan fingerprint density at radius 3 is 2.88 bits per heavy atom. The first kappa shape index (κ1) is 21.4. The summed E-state index contributed by atoms with van der Waals surface area (Å²) in [5, 5.41) is 10.5. The molecule has 6 nitrogen and oxygen atoms in total. The van der Waals surface area contributed by atoms with E-state index in [1.807, 2.05) is 24.3 Å². The number of aryl methyl sites for hydroxylation is 2. The third kappa shape index (κ3) is 3.70. The summed E-state index contributed by atoms with van der Waals surface area (Å²) in [5.41, 5.74) is 2.36.